The fourth-order valence-electron chi connectivity index (χ4n) is 1.26. The number of halogens is 1. The lowest BCUT2D eigenvalue weighted by Crippen LogP contribution is -1.82. The van der Waals surface area contributed by atoms with Gasteiger partial charge in [0, 0.05) is 10.0 Å². The summed E-state index contributed by atoms with van der Waals surface area (Å²) in [6.45, 7) is 0. The summed E-state index contributed by atoms with van der Waals surface area (Å²) in [5.74, 6) is 6.61. The summed E-state index contributed by atoms with van der Waals surface area (Å²) in [5.41, 5.74) is 1.05. The first-order valence-electron chi connectivity index (χ1n) is 4.47. The van der Waals surface area contributed by atoms with Crippen molar-refractivity contribution in [3.63, 3.8) is 0 Å². The first-order chi connectivity index (χ1) is 6.84. The summed E-state index contributed by atoms with van der Waals surface area (Å²) in [4.78, 5) is 0. The van der Waals surface area contributed by atoms with Crippen molar-refractivity contribution < 1.29 is 0 Å². The summed E-state index contributed by atoms with van der Waals surface area (Å²) >= 11 is 3.42. The van der Waals surface area contributed by atoms with Crippen molar-refractivity contribution >= 4 is 15.9 Å². The van der Waals surface area contributed by atoms with Crippen LogP contribution in [0.1, 0.15) is 5.56 Å². The second-order valence-corrected chi connectivity index (χ2v) is 3.99. The second-order valence-electron chi connectivity index (χ2n) is 3.08. The van der Waals surface area contributed by atoms with Crippen molar-refractivity contribution in [3.05, 3.63) is 58.6 Å². The van der Waals surface area contributed by atoms with Crippen LogP contribution in [0.2, 0.25) is 0 Å². The molecule has 0 bridgehead atoms. The predicted octanol–water partition coefficient (Wildman–Crippen LogP) is 3.54. The Balaban J connectivity index is 2.17. The highest BCUT2D eigenvalue weighted by molar-refractivity contribution is 9.10. The number of rotatable bonds is 0. The molecule has 0 N–H and O–H groups in total. The van der Waals surface area contributed by atoms with Crippen LogP contribution < -0.4 is 0 Å². The molecule has 1 heteroatoms. The zero-order chi connectivity index (χ0) is 9.80. The minimum Gasteiger partial charge on any atom is -0.0861 e. The minimum atomic E-state index is 0.286. The van der Waals surface area contributed by atoms with Crippen LogP contribution in [-0.4, -0.2) is 0 Å². The van der Waals surface area contributed by atoms with Crippen LogP contribution in [0.3, 0.4) is 0 Å². The number of hydrogen-bond acceptors (Lipinski definition) is 0. The SMILES string of the molecule is Brc1cccc(C#CC2C=CC=C2)c1. The summed E-state index contributed by atoms with van der Waals surface area (Å²) in [7, 11) is 0. The molecule has 0 saturated heterocycles. The highest BCUT2D eigenvalue weighted by atomic mass is 79.9. The maximum Gasteiger partial charge on any atom is 0.0573 e. The average Bonchev–Trinajstić information content (AvgIpc) is 2.67. The molecule has 0 nitrogen and oxygen atoms in total. The van der Waals surface area contributed by atoms with Crippen molar-refractivity contribution in [2.75, 3.05) is 0 Å². The summed E-state index contributed by atoms with van der Waals surface area (Å²) in [5, 5.41) is 0. The van der Waals surface area contributed by atoms with Crippen LogP contribution in [0.25, 0.3) is 0 Å². The Morgan fingerprint density at radius 3 is 2.64 bits per heavy atom. The van der Waals surface area contributed by atoms with Crippen LogP contribution in [0.5, 0.6) is 0 Å². The van der Waals surface area contributed by atoms with Crippen LogP contribution in [0.4, 0.5) is 0 Å². The lowest BCUT2D eigenvalue weighted by molar-refractivity contribution is 1.15. The highest BCUT2D eigenvalue weighted by Gasteiger charge is 1.96. The molecule has 0 unspecified atom stereocenters. The predicted molar refractivity (Wildman–Crippen MR) is 62.8 cm³/mol. The fourth-order valence-corrected chi connectivity index (χ4v) is 1.66. The molecule has 0 spiro atoms. The first kappa shape index (κ1) is 9.30. The molecule has 0 saturated carbocycles. The van der Waals surface area contributed by atoms with Gasteiger partial charge in [0.15, 0.2) is 0 Å². The van der Waals surface area contributed by atoms with Crippen LogP contribution in [-0.2, 0) is 0 Å². The molecule has 2 rings (SSSR count). The maximum atomic E-state index is 3.42. The molecule has 0 heterocycles. The van der Waals surface area contributed by atoms with Gasteiger partial charge in [-0.3, -0.25) is 0 Å². The Bertz CT molecular complexity index is 432. The van der Waals surface area contributed by atoms with Gasteiger partial charge in [-0.05, 0) is 18.2 Å². The zero-order valence-electron chi connectivity index (χ0n) is 7.57. The van der Waals surface area contributed by atoms with Gasteiger partial charge in [-0.2, -0.15) is 0 Å². The van der Waals surface area contributed by atoms with Gasteiger partial charge in [0.1, 0.15) is 0 Å². The van der Waals surface area contributed by atoms with Gasteiger partial charge in [-0.25, -0.2) is 0 Å². The van der Waals surface area contributed by atoms with Crippen molar-refractivity contribution in [3.8, 4) is 11.8 Å². The second kappa shape index (κ2) is 4.30. The van der Waals surface area contributed by atoms with Crippen molar-refractivity contribution in [1.29, 1.82) is 0 Å². The van der Waals surface area contributed by atoms with E-state index in [1.54, 1.807) is 0 Å². The summed E-state index contributed by atoms with van der Waals surface area (Å²) in [6.07, 6.45) is 8.23. The Hall–Kier alpha value is -1.26. The molecule has 1 aromatic carbocycles. The van der Waals surface area contributed by atoms with E-state index in [2.05, 4.69) is 39.9 Å². The smallest absolute Gasteiger partial charge is 0.0573 e. The largest absolute Gasteiger partial charge is 0.0861 e. The molecule has 0 atom stereocenters. The Labute approximate surface area is 92.5 Å². The average molecular weight is 245 g/mol. The summed E-state index contributed by atoms with van der Waals surface area (Å²) < 4.78 is 1.07. The standard InChI is InChI=1S/C13H9Br/c14-13-7-3-6-12(10-13)9-8-11-4-1-2-5-11/h1-7,10-11H. The van der Waals surface area contributed by atoms with Gasteiger partial charge >= 0.3 is 0 Å². The Morgan fingerprint density at radius 1 is 1.14 bits per heavy atom. The van der Waals surface area contributed by atoms with Gasteiger partial charge in [0.2, 0.25) is 0 Å². The lowest BCUT2D eigenvalue weighted by atomic mass is 10.1. The highest BCUT2D eigenvalue weighted by Crippen LogP contribution is 2.11. The van der Waals surface area contributed by atoms with Gasteiger partial charge in [0.25, 0.3) is 0 Å². The molecular weight excluding hydrogens is 236 g/mol. The van der Waals surface area contributed by atoms with E-state index in [1.165, 1.54) is 0 Å². The molecular formula is C13H9Br. The topological polar surface area (TPSA) is 0 Å². The molecule has 1 aliphatic carbocycles. The zero-order valence-corrected chi connectivity index (χ0v) is 9.16. The Morgan fingerprint density at radius 2 is 1.93 bits per heavy atom. The molecule has 0 radical (unpaired) electrons. The third-order valence-corrected chi connectivity index (χ3v) is 2.45. The van der Waals surface area contributed by atoms with E-state index < -0.39 is 0 Å². The van der Waals surface area contributed by atoms with Crippen molar-refractivity contribution in [1.82, 2.24) is 0 Å². The minimum absolute atomic E-state index is 0.286. The lowest BCUT2D eigenvalue weighted by Gasteiger charge is -1.92. The molecule has 0 fully saturated rings. The monoisotopic (exact) mass is 244 g/mol. The third-order valence-electron chi connectivity index (χ3n) is 1.96. The van der Waals surface area contributed by atoms with Crippen molar-refractivity contribution in [2.24, 2.45) is 5.92 Å². The third kappa shape index (κ3) is 2.37. The molecule has 0 amide bonds. The quantitative estimate of drug-likeness (QED) is 0.613. The van der Waals surface area contributed by atoms with Gasteiger partial charge in [-0.15, -0.1) is 0 Å². The number of allylic oxidation sites excluding steroid dienone is 4. The number of benzene rings is 1. The molecule has 14 heavy (non-hydrogen) atoms. The molecule has 68 valence electrons. The van der Waals surface area contributed by atoms with Gasteiger partial charge in [0.05, 0.1) is 5.92 Å². The van der Waals surface area contributed by atoms with E-state index in [0.717, 1.165) is 10.0 Å². The van der Waals surface area contributed by atoms with Crippen LogP contribution in [0, 0.1) is 17.8 Å². The normalized spacial score (nSPS) is 14.1. The van der Waals surface area contributed by atoms with E-state index >= 15 is 0 Å². The Kier molecular flexibility index (Phi) is 2.86. The maximum absolute atomic E-state index is 3.42. The van der Waals surface area contributed by atoms with Gasteiger partial charge in [-0.1, -0.05) is 58.1 Å². The van der Waals surface area contributed by atoms with Crippen LogP contribution in [0.15, 0.2) is 53.0 Å². The van der Waals surface area contributed by atoms with Crippen LogP contribution >= 0.6 is 15.9 Å². The molecule has 0 aromatic heterocycles. The van der Waals surface area contributed by atoms with Crippen molar-refractivity contribution in [2.45, 2.75) is 0 Å². The van der Waals surface area contributed by atoms with E-state index in [4.69, 9.17) is 0 Å². The van der Waals surface area contributed by atoms with E-state index in [0.29, 0.717) is 0 Å². The van der Waals surface area contributed by atoms with E-state index in [-0.39, 0.29) is 5.92 Å². The first-order valence-corrected chi connectivity index (χ1v) is 5.26. The molecule has 0 aliphatic heterocycles. The molecule has 1 aromatic rings. The number of hydrogen-bond donors (Lipinski definition) is 0. The van der Waals surface area contributed by atoms with Gasteiger partial charge < -0.3 is 0 Å². The van der Waals surface area contributed by atoms with E-state index in [1.807, 2.05) is 36.4 Å². The van der Waals surface area contributed by atoms with E-state index in [9.17, 15) is 0 Å². The summed E-state index contributed by atoms with van der Waals surface area (Å²) in [6, 6.07) is 8.03. The fraction of sp³-hybridized carbons (Fsp3) is 0.0769. The molecule has 1 aliphatic rings.